The number of aliphatic hydroxyl groups excluding tert-OH is 1. The fraction of sp³-hybridized carbons (Fsp3) is 0.600. The number of hydrogen-bond donors (Lipinski definition) is 1. The lowest BCUT2D eigenvalue weighted by molar-refractivity contribution is -0.131. The van der Waals surface area contributed by atoms with Gasteiger partial charge in [0.25, 0.3) is 0 Å². The van der Waals surface area contributed by atoms with Crippen LogP contribution in [-0.4, -0.2) is 39.7 Å². The normalized spacial score (nSPS) is 20.4. The standard InChI is InChI=1S/C10H14N2O3S/c1-7-6-16-10(15)12(7)5-9(14)11-3-2-8(13)4-11/h6,8,13H,2-5H2,1H3/t8-/m1/s1. The molecule has 2 rings (SSSR count). The van der Waals surface area contributed by atoms with E-state index in [1.165, 1.54) is 4.57 Å². The Morgan fingerprint density at radius 1 is 1.69 bits per heavy atom. The van der Waals surface area contributed by atoms with E-state index < -0.39 is 6.10 Å². The number of hydrogen-bond acceptors (Lipinski definition) is 4. The van der Waals surface area contributed by atoms with Crippen LogP contribution in [0.5, 0.6) is 0 Å². The van der Waals surface area contributed by atoms with Crippen molar-refractivity contribution in [3.8, 4) is 0 Å². The summed E-state index contributed by atoms with van der Waals surface area (Å²) in [6.07, 6.45) is 0.215. The highest BCUT2D eigenvalue weighted by Crippen LogP contribution is 2.10. The maximum atomic E-state index is 11.8. The summed E-state index contributed by atoms with van der Waals surface area (Å²) in [5.41, 5.74) is 0.808. The summed E-state index contributed by atoms with van der Waals surface area (Å²) in [5.74, 6) is -0.0971. The predicted octanol–water partition coefficient (Wildman–Crippen LogP) is -0.189. The molecule has 16 heavy (non-hydrogen) atoms. The Hall–Kier alpha value is -1.14. The van der Waals surface area contributed by atoms with Crippen molar-refractivity contribution in [3.63, 3.8) is 0 Å². The number of amides is 1. The van der Waals surface area contributed by atoms with Crippen molar-refractivity contribution in [1.29, 1.82) is 0 Å². The van der Waals surface area contributed by atoms with Gasteiger partial charge in [-0.2, -0.15) is 0 Å². The second-order valence-electron chi connectivity index (χ2n) is 4.01. The van der Waals surface area contributed by atoms with Crippen molar-refractivity contribution in [1.82, 2.24) is 9.47 Å². The van der Waals surface area contributed by atoms with Crippen LogP contribution < -0.4 is 4.87 Å². The van der Waals surface area contributed by atoms with E-state index in [4.69, 9.17) is 0 Å². The Morgan fingerprint density at radius 3 is 2.94 bits per heavy atom. The highest BCUT2D eigenvalue weighted by Gasteiger charge is 2.24. The summed E-state index contributed by atoms with van der Waals surface area (Å²) < 4.78 is 1.47. The third kappa shape index (κ3) is 2.17. The zero-order valence-corrected chi connectivity index (χ0v) is 9.87. The van der Waals surface area contributed by atoms with E-state index in [2.05, 4.69) is 0 Å². The van der Waals surface area contributed by atoms with Gasteiger partial charge in [0.15, 0.2) is 0 Å². The number of rotatable bonds is 2. The van der Waals surface area contributed by atoms with Crippen LogP contribution in [-0.2, 0) is 11.3 Å². The lowest BCUT2D eigenvalue weighted by Gasteiger charge is -2.15. The Bertz CT molecular complexity index is 451. The topological polar surface area (TPSA) is 62.5 Å². The largest absolute Gasteiger partial charge is 0.391 e. The van der Waals surface area contributed by atoms with Crippen LogP contribution in [0, 0.1) is 6.92 Å². The molecule has 1 aliphatic rings. The number of thiazole rings is 1. The third-order valence-corrected chi connectivity index (χ3v) is 3.67. The van der Waals surface area contributed by atoms with Gasteiger partial charge in [0.1, 0.15) is 6.54 Å². The number of β-amino-alcohol motifs (C(OH)–C–C–N with tert-alkyl or cyclic N) is 1. The van der Waals surface area contributed by atoms with E-state index in [9.17, 15) is 14.7 Å². The van der Waals surface area contributed by atoms with Crippen molar-refractivity contribution in [2.24, 2.45) is 0 Å². The first-order chi connectivity index (χ1) is 7.58. The minimum absolute atomic E-state index is 0.0842. The van der Waals surface area contributed by atoms with Crippen LogP contribution in [0.25, 0.3) is 0 Å². The fourth-order valence-corrected chi connectivity index (χ4v) is 2.53. The zero-order valence-electron chi connectivity index (χ0n) is 9.05. The molecule has 5 nitrogen and oxygen atoms in total. The Morgan fingerprint density at radius 2 is 2.44 bits per heavy atom. The van der Waals surface area contributed by atoms with E-state index in [0.717, 1.165) is 17.0 Å². The summed E-state index contributed by atoms with van der Waals surface area (Å²) in [4.78, 5) is 24.7. The van der Waals surface area contributed by atoms with Crippen molar-refractivity contribution < 1.29 is 9.90 Å². The number of carbonyl (C=O) groups is 1. The predicted molar refractivity (Wildman–Crippen MR) is 60.5 cm³/mol. The lowest BCUT2D eigenvalue weighted by Crippen LogP contribution is -2.34. The lowest BCUT2D eigenvalue weighted by atomic mass is 10.3. The monoisotopic (exact) mass is 242 g/mol. The van der Waals surface area contributed by atoms with Crippen molar-refractivity contribution in [2.45, 2.75) is 26.0 Å². The van der Waals surface area contributed by atoms with E-state index in [1.54, 1.807) is 10.3 Å². The van der Waals surface area contributed by atoms with Gasteiger partial charge >= 0.3 is 4.87 Å². The quantitative estimate of drug-likeness (QED) is 0.782. The molecule has 2 heterocycles. The summed E-state index contributed by atoms with van der Waals surface area (Å²) in [6, 6.07) is 0. The van der Waals surface area contributed by atoms with Gasteiger partial charge in [0.2, 0.25) is 5.91 Å². The van der Waals surface area contributed by atoms with Crippen molar-refractivity contribution >= 4 is 17.2 Å². The first kappa shape index (κ1) is 11.3. The summed E-state index contributed by atoms with van der Waals surface area (Å²) in [7, 11) is 0. The minimum atomic E-state index is -0.413. The van der Waals surface area contributed by atoms with Gasteiger partial charge in [0.05, 0.1) is 6.10 Å². The Kier molecular flexibility index (Phi) is 3.11. The molecular formula is C10H14N2O3S. The van der Waals surface area contributed by atoms with Crippen LogP contribution in [0.3, 0.4) is 0 Å². The molecule has 88 valence electrons. The molecule has 0 bridgehead atoms. The average Bonchev–Trinajstić information content (AvgIpc) is 2.79. The van der Waals surface area contributed by atoms with E-state index in [1.807, 2.05) is 6.92 Å². The molecule has 1 aromatic rings. The first-order valence-electron chi connectivity index (χ1n) is 5.18. The van der Waals surface area contributed by atoms with Gasteiger partial charge in [-0.3, -0.25) is 14.2 Å². The first-order valence-corrected chi connectivity index (χ1v) is 6.06. The maximum absolute atomic E-state index is 11.8. The summed E-state index contributed by atoms with van der Waals surface area (Å²) in [6.45, 7) is 2.86. The molecule has 6 heteroatoms. The second-order valence-corrected chi connectivity index (χ2v) is 4.83. The molecule has 0 aromatic carbocycles. The number of nitrogens with zero attached hydrogens (tertiary/aromatic N) is 2. The van der Waals surface area contributed by atoms with Crippen LogP contribution in [0.4, 0.5) is 0 Å². The van der Waals surface area contributed by atoms with Gasteiger partial charge in [-0.15, -0.1) is 0 Å². The Labute approximate surface area is 96.9 Å². The Balaban J connectivity index is 2.05. The maximum Gasteiger partial charge on any atom is 0.307 e. The third-order valence-electron chi connectivity index (χ3n) is 2.79. The molecular weight excluding hydrogens is 228 g/mol. The number of carbonyl (C=O) groups excluding carboxylic acids is 1. The van der Waals surface area contributed by atoms with Crippen molar-refractivity contribution in [2.75, 3.05) is 13.1 Å². The van der Waals surface area contributed by atoms with E-state index >= 15 is 0 Å². The van der Waals surface area contributed by atoms with Gasteiger partial charge in [-0.25, -0.2) is 0 Å². The number of aliphatic hydroxyl groups is 1. The molecule has 1 atom stereocenters. The van der Waals surface area contributed by atoms with Gasteiger partial charge in [-0.1, -0.05) is 11.3 Å². The summed E-state index contributed by atoms with van der Waals surface area (Å²) in [5, 5.41) is 11.1. The number of aromatic nitrogens is 1. The number of likely N-dealkylation sites (tertiary alicyclic amines) is 1. The minimum Gasteiger partial charge on any atom is -0.391 e. The van der Waals surface area contributed by atoms with Gasteiger partial charge < -0.3 is 10.0 Å². The fourth-order valence-electron chi connectivity index (χ4n) is 1.80. The van der Waals surface area contributed by atoms with Gasteiger partial charge in [-0.05, 0) is 13.3 Å². The average molecular weight is 242 g/mol. The van der Waals surface area contributed by atoms with Crippen LogP contribution in [0.1, 0.15) is 12.1 Å². The molecule has 0 unspecified atom stereocenters. The van der Waals surface area contributed by atoms with E-state index in [0.29, 0.717) is 19.5 Å². The van der Waals surface area contributed by atoms with Crippen LogP contribution in [0.15, 0.2) is 10.2 Å². The molecule has 0 aliphatic carbocycles. The summed E-state index contributed by atoms with van der Waals surface area (Å²) >= 11 is 1.10. The second kappa shape index (κ2) is 4.39. The van der Waals surface area contributed by atoms with Crippen LogP contribution >= 0.6 is 11.3 Å². The highest BCUT2D eigenvalue weighted by molar-refractivity contribution is 7.07. The highest BCUT2D eigenvalue weighted by atomic mass is 32.1. The molecule has 1 aromatic heterocycles. The molecule has 1 aliphatic heterocycles. The van der Waals surface area contributed by atoms with E-state index in [-0.39, 0.29) is 17.3 Å². The smallest absolute Gasteiger partial charge is 0.307 e. The van der Waals surface area contributed by atoms with Gasteiger partial charge in [0, 0.05) is 24.2 Å². The molecule has 1 fully saturated rings. The van der Waals surface area contributed by atoms with Crippen molar-refractivity contribution in [3.05, 3.63) is 20.7 Å². The molecule has 0 radical (unpaired) electrons. The van der Waals surface area contributed by atoms with Crippen LogP contribution in [0.2, 0.25) is 0 Å². The molecule has 1 N–H and O–H groups in total. The SMILES string of the molecule is Cc1csc(=O)n1CC(=O)N1CC[C@@H](O)C1. The molecule has 1 amide bonds. The molecule has 1 saturated heterocycles. The molecule has 0 spiro atoms. The molecule has 0 saturated carbocycles. The zero-order chi connectivity index (χ0) is 11.7. The number of aryl methyl sites for hydroxylation is 1.